The summed E-state index contributed by atoms with van der Waals surface area (Å²) in [6.07, 6.45) is 1.22. The minimum absolute atomic E-state index is 0.00616. The number of aromatic nitrogens is 2. The molecule has 1 fully saturated rings. The van der Waals surface area contributed by atoms with Gasteiger partial charge in [-0.1, -0.05) is 0 Å². The van der Waals surface area contributed by atoms with Crippen molar-refractivity contribution < 1.29 is 9.13 Å². The number of morpholine rings is 1. The van der Waals surface area contributed by atoms with E-state index in [9.17, 15) is 4.39 Å². The average Bonchev–Trinajstić information content (AvgIpc) is 2.83. The molecule has 0 aromatic carbocycles. The summed E-state index contributed by atoms with van der Waals surface area (Å²) in [5.74, 6) is -0.336. The molecule has 1 N–H and O–H groups in total. The van der Waals surface area contributed by atoms with Gasteiger partial charge >= 0.3 is 0 Å². The van der Waals surface area contributed by atoms with E-state index in [0.29, 0.717) is 12.3 Å². The lowest BCUT2D eigenvalue weighted by Gasteiger charge is -2.21. The number of rotatable bonds is 2. The molecule has 0 radical (unpaired) electrons. The Morgan fingerprint density at radius 2 is 2.37 bits per heavy atom. The van der Waals surface area contributed by atoms with E-state index in [2.05, 4.69) is 15.3 Å². The van der Waals surface area contributed by atoms with E-state index in [1.54, 1.807) is 17.4 Å². The summed E-state index contributed by atoms with van der Waals surface area (Å²) < 4.78 is 18.6. The highest BCUT2D eigenvalue weighted by Gasteiger charge is 2.21. The first-order valence-electron chi connectivity index (χ1n) is 6.15. The van der Waals surface area contributed by atoms with Gasteiger partial charge in [-0.05, 0) is 19.1 Å². The van der Waals surface area contributed by atoms with Gasteiger partial charge < -0.3 is 10.1 Å². The second kappa shape index (κ2) is 5.32. The zero-order valence-corrected chi connectivity index (χ0v) is 11.3. The van der Waals surface area contributed by atoms with E-state index in [1.807, 2.05) is 6.92 Å². The van der Waals surface area contributed by atoms with Crippen molar-refractivity contribution in [3.05, 3.63) is 34.0 Å². The molecule has 6 heteroatoms. The van der Waals surface area contributed by atoms with Crippen LogP contribution in [0.25, 0.3) is 11.4 Å². The third kappa shape index (κ3) is 2.65. The van der Waals surface area contributed by atoms with Crippen LogP contribution in [0.15, 0.2) is 18.3 Å². The van der Waals surface area contributed by atoms with E-state index < -0.39 is 0 Å². The summed E-state index contributed by atoms with van der Waals surface area (Å²) in [4.78, 5) is 9.75. The first-order chi connectivity index (χ1) is 9.24. The van der Waals surface area contributed by atoms with E-state index in [0.717, 1.165) is 28.7 Å². The minimum Gasteiger partial charge on any atom is -0.368 e. The standard InChI is InChI=1S/C13H14FN3OS/c1-8-12(10-3-2-9(14)6-16-10)17-13(19-8)11-7-15-4-5-18-11/h2-3,6,11,15H,4-5,7H2,1H3. The van der Waals surface area contributed by atoms with E-state index in [-0.39, 0.29) is 11.9 Å². The molecule has 4 nitrogen and oxygen atoms in total. The highest BCUT2D eigenvalue weighted by Crippen LogP contribution is 2.31. The van der Waals surface area contributed by atoms with Gasteiger partial charge in [0.1, 0.15) is 22.6 Å². The van der Waals surface area contributed by atoms with Crippen molar-refractivity contribution in [1.82, 2.24) is 15.3 Å². The lowest BCUT2D eigenvalue weighted by atomic mass is 10.2. The Morgan fingerprint density at radius 3 is 3.05 bits per heavy atom. The number of halogens is 1. The van der Waals surface area contributed by atoms with Crippen LogP contribution in [0.1, 0.15) is 16.0 Å². The summed E-state index contributed by atoms with van der Waals surface area (Å²) in [6, 6.07) is 3.06. The zero-order chi connectivity index (χ0) is 13.2. The van der Waals surface area contributed by atoms with Gasteiger partial charge in [-0.3, -0.25) is 4.98 Å². The molecule has 19 heavy (non-hydrogen) atoms. The maximum absolute atomic E-state index is 12.9. The third-order valence-electron chi connectivity index (χ3n) is 2.99. The van der Waals surface area contributed by atoms with Gasteiger partial charge in [-0.15, -0.1) is 11.3 Å². The van der Waals surface area contributed by atoms with Crippen molar-refractivity contribution in [2.45, 2.75) is 13.0 Å². The number of aryl methyl sites for hydroxylation is 1. The second-order valence-corrected chi connectivity index (χ2v) is 5.62. The number of hydrogen-bond acceptors (Lipinski definition) is 5. The summed E-state index contributed by atoms with van der Waals surface area (Å²) in [5.41, 5.74) is 1.51. The Hall–Kier alpha value is -1.37. The lowest BCUT2D eigenvalue weighted by Crippen LogP contribution is -2.33. The normalized spacial score (nSPS) is 19.6. The second-order valence-electron chi connectivity index (χ2n) is 4.38. The monoisotopic (exact) mass is 279 g/mol. The van der Waals surface area contributed by atoms with Gasteiger partial charge in [0.05, 0.1) is 18.5 Å². The molecule has 1 atom stereocenters. The predicted octanol–water partition coefficient (Wildman–Crippen LogP) is 2.31. The largest absolute Gasteiger partial charge is 0.368 e. The molecule has 2 aromatic rings. The van der Waals surface area contributed by atoms with Gasteiger partial charge in [0, 0.05) is 18.0 Å². The van der Waals surface area contributed by atoms with E-state index >= 15 is 0 Å². The van der Waals surface area contributed by atoms with Crippen LogP contribution in [0.3, 0.4) is 0 Å². The maximum Gasteiger partial charge on any atom is 0.141 e. The van der Waals surface area contributed by atoms with Crippen molar-refractivity contribution in [3.63, 3.8) is 0 Å². The molecule has 0 bridgehead atoms. The van der Waals surface area contributed by atoms with Crippen LogP contribution < -0.4 is 5.32 Å². The van der Waals surface area contributed by atoms with Crippen molar-refractivity contribution in [2.24, 2.45) is 0 Å². The van der Waals surface area contributed by atoms with Crippen LogP contribution in [0.2, 0.25) is 0 Å². The molecular weight excluding hydrogens is 265 g/mol. The SMILES string of the molecule is Cc1sc(C2CNCCO2)nc1-c1ccc(F)cn1. The Morgan fingerprint density at radius 1 is 1.47 bits per heavy atom. The highest BCUT2D eigenvalue weighted by molar-refractivity contribution is 7.12. The number of thiazole rings is 1. The van der Waals surface area contributed by atoms with Crippen molar-refractivity contribution >= 4 is 11.3 Å². The predicted molar refractivity (Wildman–Crippen MR) is 71.6 cm³/mol. The molecule has 1 unspecified atom stereocenters. The summed E-state index contributed by atoms with van der Waals surface area (Å²) in [6.45, 7) is 4.36. The van der Waals surface area contributed by atoms with Crippen LogP contribution in [0.4, 0.5) is 4.39 Å². The average molecular weight is 279 g/mol. The van der Waals surface area contributed by atoms with Crippen molar-refractivity contribution in [1.29, 1.82) is 0 Å². The molecule has 3 rings (SSSR count). The third-order valence-corrected chi connectivity index (χ3v) is 4.05. The van der Waals surface area contributed by atoms with E-state index in [1.165, 1.54) is 12.3 Å². The summed E-state index contributed by atoms with van der Waals surface area (Å²) in [7, 11) is 0. The molecule has 0 spiro atoms. The first kappa shape index (κ1) is 12.7. The quantitative estimate of drug-likeness (QED) is 0.916. The van der Waals surface area contributed by atoms with Gasteiger partial charge in [0.2, 0.25) is 0 Å². The summed E-state index contributed by atoms with van der Waals surface area (Å²) >= 11 is 1.61. The molecule has 3 heterocycles. The Balaban J connectivity index is 1.90. The number of pyridine rings is 1. The van der Waals surface area contributed by atoms with Crippen LogP contribution in [-0.2, 0) is 4.74 Å². The molecule has 0 amide bonds. The molecular formula is C13H14FN3OS. The molecule has 1 aliphatic heterocycles. The maximum atomic E-state index is 12.9. The molecule has 1 saturated heterocycles. The number of nitrogens with one attached hydrogen (secondary N) is 1. The molecule has 1 aliphatic rings. The number of ether oxygens (including phenoxy) is 1. The minimum atomic E-state index is -0.336. The highest BCUT2D eigenvalue weighted by atomic mass is 32.1. The van der Waals surface area contributed by atoms with Gasteiger partial charge in [-0.2, -0.15) is 0 Å². The zero-order valence-electron chi connectivity index (χ0n) is 10.5. The fourth-order valence-corrected chi connectivity index (χ4v) is 3.01. The first-order valence-corrected chi connectivity index (χ1v) is 6.97. The Labute approximate surface area is 114 Å². The van der Waals surface area contributed by atoms with Crippen molar-refractivity contribution in [3.8, 4) is 11.4 Å². The Bertz CT molecular complexity index is 564. The van der Waals surface area contributed by atoms with Gasteiger partial charge in [0.15, 0.2) is 0 Å². The lowest BCUT2D eigenvalue weighted by molar-refractivity contribution is 0.0276. The van der Waals surface area contributed by atoms with Crippen LogP contribution >= 0.6 is 11.3 Å². The number of nitrogens with zero attached hydrogens (tertiary/aromatic N) is 2. The fraction of sp³-hybridized carbons (Fsp3) is 0.385. The topological polar surface area (TPSA) is 47.0 Å². The van der Waals surface area contributed by atoms with Gasteiger partial charge in [-0.25, -0.2) is 9.37 Å². The molecule has 2 aromatic heterocycles. The number of hydrogen-bond donors (Lipinski definition) is 1. The summed E-state index contributed by atoms with van der Waals surface area (Å²) in [5, 5.41) is 4.24. The van der Waals surface area contributed by atoms with Crippen LogP contribution in [0.5, 0.6) is 0 Å². The fourth-order valence-electron chi connectivity index (χ4n) is 2.03. The van der Waals surface area contributed by atoms with Crippen LogP contribution in [-0.4, -0.2) is 29.7 Å². The van der Waals surface area contributed by atoms with Crippen molar-refractivity contribution in [2.75, 3.05) is 19.7 Å². The van der Waals surface area contributed by atoms with Crippen LogP contribution in [0, 0.1) is 12.7 Å². The van der Waals surface area contributed by atoms with Gasteiger partial charge in [0.25, 0.3) is 0 Å². The molecule has 0 saturated carbocycles. The van der Waals surface area contributed by atoms with E-state index in [4.69, 9.17) is 4.74 Å². The smallest absolute Gasteiger partial charge is 0.141 e. The molecule has 0 aliphatic carbocycles. The Kier molecular flexibility index (Phi) is 3.54. The molecule has 100 valence electrons.